The van der Waals surface area contributed by atoms with E-state index in [9.17, 15) is 9.59 Å². The summed E-state index contributed by atoms with van der Waals surface area (Å²) < 4.78 is 10.5. The Morgan fingerprint density at radius 1 is 1.07 bits per heavy atom. The van der Waals surface area contributed by atoms with Gasteiger partial charge >= 0.3 is 0 Å². The molecule has 1 heterocycles. The molecular weight excluding hydrogens is 378 g/mol. The van der Waals surface area contributed by atoms with Crippen molar-refractivity contribution in [2.45, 2.75) is 6.92 Å². The smallest absolute Gasteiger partial charge is 0.235 e. The summed E-state index contributed by atoms with van der Waals surface area (Å²) in [6, 6.07) is 15.6. The maximum atomic E-state index is 11.8. The Balaban J connectivity index is 1.29. The molecule has 0 saturated carbocycles. The van der Waals surface area contributed by atoms with E-state index < -0.39 is 0 Å². The second-order valence-electron chi connectivity index (χ2n) is 6.07. The van der Waals surface area contributed by atoms with Gasteiger partial charge in [0, 0.05) is 6.07 Å². The SMILES string of the molecule is Cc1cc(NC(=O)CSCC(=O)NCCOc2ccc3ccccc3c2)no1. The summed E-state index contributed by atoms with van der Waals surface area (Å²) >= 11 is 1.23. The van der Waals surface area contributed by atoms with Gasteiger partial charge in [0.05, 0.1) is 18.1 Å². The summed E-state index contributed by atoms with van der Waals surface area (Å²) in [6.07, 6.45) is 0. The van der Waals surface area contributed by atoms with Crippen molar-refractivity contribution >= 4 is 40.2 Å². The van der Waals surface area contributed by atoms with Crippen LogP contribution in [0.3, 0.4) is 0 Å². The first kappa shape index (κ1) is 19.8. The normalized spacial score (nSPS) is 10.6. The topological polar surface area (TPSA) is 93.5 Å². The molecule has 3 aromatic rings. The molecule has 2 amide bonds. The Morgan fingerprint density at radius 2 is 1.86 bits per heavy atom. The van der Waals surface area contributed by atoms with Crippen LogP contribution in [0.25, 0.3) is 10.8 Å². The molecule has 0 aliphatic rings. The summed E-state index contributed by atoms with van der Waals surface area (Å²) in [5.41, 5.74) is 0. The Kier molecular flexibility index (Phi) is 6.91. The van der Waals surface area contributed by atoms with E-state index in [1.165, 1.54) is 11.8 Å². The molecule has 0 aliphatic carbocycles. The summed E-state index contributed by atoms with van der Waals surface area (Å²) in [4.78, 5) is 23.6. The summed E-state index contributed by atoms with van der Waals surface area (Å²) in [7, 11) is 0. The molecule has 0 radical (unpaired) electrons. The van der Waals surface area contributed by atoms with Crippen LogP contribution in [0, 0.1) is 6.92 Å². The predicted molar refractivity (Wildman–Crippen MR) is 110 cm³/mol. The maximum Gasteiger partial charge on any atom is 0.235 e. The van der Waals surface area contributed by atoms with E-state index in [2.05, 4.69) is 15.8 Å². The molecule has 146 valence electrons. The van der Waals surface area contributed by atoms with E-state index >= 15 is 0 Å². The van der Waals surface area contributed by atoms with Crippen molar-refractivity contribution in [3.05, 3.63) is 54.3 Å². The van der Waals surface area contributed by atoms with Crippen molar-refractivity contribution in [2.24, 2.45) is 0 Å². The number of aromatic nitrogens is 1. The minimum atomic E-state index is -0.231. The lowest BCUT2D eigenvalue weighted by atomic mass is 10.1. The molecule has 0 aliphatic heterocycles. The van der Waals surface area contributed by atoms with Gasteiger partial charge in [-0.25, -0.2) is 0 Å². The highest BCUT2D eigenvalue weighted by molar-refractivity contribution is 8.00. The highest BCUT2D eigenvalue weighted by atomic mass is 32.2. The second-order valence-corrected chi connectivity index (χ2v) is 7.06. The monoisotopic (exact) mass is 399 g/mol. The van der Waals surface area contributed by atoms with Gasteiger partial charge in [-0.1, -0.05) is 35.5 Å². The zero-order valence-electron chi connectivity index (χ0n) is 15.4. The van der Waals surface area contributed by atoms with Crippen LogP contribution in [0.4, 0.5) is 5.82 Å². The zero-order chi connectivity index (χ0) is 19.8. The average molecular weight is 399 g/mol. The van der Waals surface area contributed by atoms with E-state index in [0.29, 0.717) is 24.7 Å². The minimum Gasteiger partial charge on any atom is -0.492 e. The highest BCUT2D eigenvalue weighted by Gasteiger charge is 2.08. The van der Waals surface area contributed by atoms with Gasteiger partial charge in [0.25, 0.3) is 0 Å². The Hall–Kier alpha value is -3.00. The number of carbonyl (C=O) groups excluding carboxylic acids is 2. The lowest BCUT2D eigenvalue weighted by molar-refractivity contribution is -0.118. The number of aryl methyl sites for hydroxylation is 1. The van der Waals surface area contributed by atoms with Crippen molar-refractivity contribution in [1.82, 2.24) is 10.5 Å². The van der Waals surface area contributed by atoms with Crippen LogP contribution in [-0.2, 0) is 9.59 Å². The van der Waals surface area contributed by atoms with Crippen molar-refractivity contribution < 1.29 is 18.8 Å². The molecule has 0 unspecified atom stereocenters. The molecule has 3 rings (SSSR count). The first-order valence-electron chi connectivity index (χ1n) is 8.79. The number of nitrogens with zero attached hydrogens (tertiary/aromatic N) is 1. The fourth-order valence-electron chi connectivity index (χ4n) is 2.51. The van der Waals surface area contributed by atoms with E-state index in [1.807, 2.05) is 42.5 Å². The second kappa shape index (κ2) is 9.80. The lowest BCUT2D eigenvalue weighted by Gasteiger charge is -2.08. The molecule has 0 fully saturated rings. The number of thioether (sulfide) groups is 1. The van der Waals surface area contributed by atoms with Gasteiger partial charge in [-0.2, -0.15) is 0 Å². The number of anilines is 1. The Bertz CT molecular complexity index is 957. The van der Waals surface area contributed by atoms with Crippen molar-refractivity contribution in [2.75, 3.05) is 30.0 Å². The standard InChI is InChI=1S/C20H21N3O4S/c1-14-10-18(23-27-14)22-20(25)13-28-12-19(24)21-8-9-26-17-7-6-15-4-2-3-5-16(15)11-17/h2-7,10-11H,8-9,12-13H2,1H3,(H,21,24)(H,22,23,25). The number of carbonyl (C=O) groups is 2. The van der Waals surface area contributed by atoms with E-state index in [-0.39, 0.29) is 23.3 Å². The fourth-order valence-corrected chi connectivity index (χ4v) is 3.16. The number of benzene rings is 2. The lowest BCUT2D eigenvalue weighted by Crippen LogP contribution is -2.30. The van der Waals surface area contributed by atoms with Gasteiger partial charge in [-0.05, 0) is 29.8 Å². The van der Waals surface area contributed by atoms with Gasteiger partial charge in [0.1, 0.15) is 18.1 Å². The van der Waals surface area contributed by atoms with Crippen LogP contribution in [0.2, 0.25) is 0 Å². The molecule has 0 bridgehead atoms. The first-order chi connectivity index (χ1) is 13.6. The van der Waals surface area contributed by atoms with Gasteiger partial charge in [0.2, 0.25) is 11.8 Å². The average Bonchev–Trinajstić information content (AvgIpc) is 3.09. The van der Waals surface area contributed by atoms with Gasteiger partial charge in [-0.3, -0.25) is 9.59 Å². The number of fused-ring (bicyclic) bond motifs is 1. The summed E-state index contributed by atoms with van der Waals surface area (Å²) in [5.74, 6) is 1.74. The molecule has 2 aromatic carbocycles. The quantitative estimate of drug-likeness (QED) is 0.537. The summed E-state index contributed by atoms with van der Waals surface area (Å²) in [5, 5.41) is 11.3. The van der Waals surface area contributed by atoms with Gasteiger partial charge in [-0.15, -0.1) is 11.8 Å². The van der Waals surface area contributed by atoms with E-state index in [1.54, 1.807) is 13.0 Å². The largest absolute Gasteiger partial charge is 0.492 e. The molecular formula is C20H21N3O4S. The summed E-state index contributed by atoms with van der Waals surface area (Å²) in [6.45, 7) is 2.52. The van der Waals surface area contributed by atoms with E-state index in [4.69, 9.17) is 9.26 Å². The highest BCUT2D eigenvalue weighted by Crippen LogP contribution is 2.20. The van der Waals surface area contributed by atoms with Crippen LogP contribution < -0.4 is 15.4 Å². The van der Waals surface area contributed by atoms with E-state index in [0.717, 1.165) is 16.5 Å². The minimum absolute atomic E-state index is 0.141. The molecule has 7 nitrogen and oxygen atoms in total. The van der Waals surface area contributed by atoms with Crippen LogP contribution in [-0.4, -0.2) is 41.6 Å². The molecule has 8 heteroatoms. The third kappa shape index (κ3) is 6.02. The number of ether oxygens (including phenoxy) is 1. The zero-order valence-corrected chi connectivity index (χ0v) is 16.3. The number of hydrogen-bond donors (Lipinski definition) is 2. The first-order valence-corrected chi connectivity index (χ1v) is 9.95. The molecule has 2 N–H and O–H groups in total. The molecule has 0 saturated heterocycles. The van der Waals surface area contributed by atoms with Crippen molar-refractivity contribution in [1.29, 1.82) is 0 Å². The molecule has 0 atom stereocenters. The van der Waals surface area contributed by atoms with Crippen molar-refractivity contribution in [3.8, 4) is 5.75 Å². The van der Waals surface area contributed by atoms with Crippen LogP contribution >= 0.6 is 11.8 Å². The Morgan fingerprint density at radius 3 is 2.64 bits per heavy atom. The number of nitrogens with one attached hydrogen (secondary N) is 2. The molecule has 0 spiro atoms. The third-order valence-corrected chi connectivity index (χ3v) is 4.71. The predicted octanol–water partition coefficient (Wildman–Crippen LogP) is 3.00. The van der Waals surface area contributed by atoms with Gasteiger partial charge in [0.15, 0.2) is 5.82 Å². The van der Waals surface area contributed by atoms with Crippen LogP contribution in [0.5, 0.6) is 5.75 Å². The number of amides is 2. The third-order valence-electron chi connectivity index (χ3n) is 3.78. The number of hydrogen-bond acceptors (Lipinski definition) is 6. The van der Waals surface area contributed by atoms with Crippen LogP contribution in [0.15, 0.2) is 53.1 Å². The molecule has 1 aromatic heterocycles. The van der Waals surface area contributed by atoms with Crippen LogP contribution in [0.1, 0.15) is 5.76 Å². The van der Waals surface area contributed by atoms with Gasteiger partial charge < -0.3 is 19.9 Å². The fraction of sp³-hybridized carbons (Fsp3) is 0.250. The van der Waals surface area contributed by atoms with Crippen molar-refractivity contribution in [3.63, 3.8) is 0 Å². The molecule has 28 heavy (non-hydrogen) atoms. The Labute approximate surface area is 166 Å². The maximum absolute atomic E-state index is 11.8. The number of rotatable bonds is 9.